The second kappa shape index (κ2) is 43.4. The molecule has 0 amide bonds. The maximum atomic E-state index is 12.5. The molecule has 0 aliphatic carbocycles. The largest absolute Gasteiger partial charge is 0.469 e. The Bertz CT molecular complexity index is 920. The van der Waals surface area contributed by atoms with Crippen LogP contribution in [0.2, 0.25) is 0 Å². The van der Waals surface area contributed by atoms with Crippen molar-refractivity contribution in [1.29, 1.82) is 0 Å². The minimum Gasteiger partial charge on any atom is -0.462 e. The SMILES string of the molecule is CCCCCCCCCC/C=C\CCCCCCCCCCCC(=O)OC(COC(=O)CCCCCCCCCCCCCCCCCCC)COP(=O)(O)O. The van der Waals surface area contributed by atoms with Gasteiger partial charge < -0.3 is 19.3 Å². The van der Waals surface area contributed by atoms with E-state index in [2.05, 4.69) is 30.5 Å². The molecular weight excluding hydrogens is 723 g/mol. The predicted octanol–water partition coefficient (Wildman–Crippen LogP) is 15.0. The van der Waals surface area contributed by atoms with Gasteiger partial charge in [0.1, 0.15) is 6.61 Å². The first kappa shape index (κ1) is 54.8. The van der Waals surface area contributed by atoms with Crippen LogP contribution in [-0.2, 0) is 28.2 Å². The monoisotopic (exact) mass is 815 g/mol. The normalized spacial score (nSPS) is 12.4. The molecule has 0 fully saturated rings. The number of hydrogen-bond acceptors (Lipinski definition) is 6. The second-order valence-electron chi connectivity index (χ2n) is 16.4. The zero-order chi connectivity index (χ0) is 41.1. The Balaban J connectivity index is 3.81. The lowest BCUT2D eigenvalue weighted by atomic mass is 10.0. The lowest BCUT2D eigenvalue weighted by Gasteiger charge is -2.18. The molecule has 8 nitrogen and oxygen atoms in total. The lowest BCUT2D eigenvalue weighted by Crippen LogP contribution is -2.29. The fourth-order valence-electron chi connectivity index (χ4n) is 7.19. The van der Waals surface area contributed by atoms with Crippen LogP contribution >= 0.6 is 7.82 Å². The third kappa shape index (κ3) is 45.5. The zero-order valence-electron chi connectivity index (χ0n) is 36.8. The molecule has 0 saturated carbocycles. The number of allylic oxidation sites excluding steroid dienone is 2. The van der Waals surface area contributed by atoms with Crippen LogP contribution in [0.1, 0.15) is 258 Å². The van der Waals surface area contributed by atoms with E-state index in [1.807, 2.05) is 0 Å². The van der Waals surface area contributed by atoms with E-state index < -0.39 is 32.5 Å². The smallest absolute Gasteiger partial charge is 0.462 e. The van der Waals surface area contributed by atoms with Crippen molar-refractivity contribution >= 4 is 19.8 Å². The summed E-state index contributed by atoms with van der Waals surface area (Å²) in [4.78, 5) is 43.0. The molecule has 0 aromatic carbocycles. The number of rotatable bonds is 45. The second-order valence-corrected chi connectivity index (χ2v) is 17.7. The van der Waals surface area contributed by atoms with Crippen molar-refractivity contribution in [3.63, 3.8) is 0 Å². The molecule has 0 radical (unpaired) electrons. The molecule has 332 valence electrons. The molecule has 1 unspecified atom stereocenters. The molecule has 2 N–H and O–H groups in total. The topological polar surface area (TPSA) is 119 Å². The summed E-state index contributed by atoms with van der Waals surface area (Å²) in [5.74, 6) is -0.871. The summed E-state index contributed by atoms with van der Waals surface area (Å²) >= 11 is 0. The number of carbonyl (C=O) groups excluding carboxylic acids is 2. The highest BCUT2D eigenvalue weighted by molar-refractivity contribution is 7.46. The number of hydrogen-bond donors (Lipinski definition) is 2. The third-order valence-corrected chi connectivity index (χ3v) is 11.3. The van der Waals surface area contributed by atoms with E-state index in [1.165, 1.54) is 186 Å². The van der Waals surface area contributed by atoms with Crippen LogP contribution in [0.3, 0.4) is 0 Å². The first-order valence-corrected chi connectivity index (χ1v) is 25.5. The molecule has 0 aliphatic rings. The molecule has 0 bridgehead atoms. The molecular formula is C47H91O8P. The first-order valence-electron chi connectivity index (χ1n) is 24.0. The van der Waals surface area contributed by atoms with Crippen LogP contribution in [-0.4, -0.2) is 41.0 Å². The van der Waals surface area contributed by atoms with E-state index >= 15 is 0 Å². The molecule has 0 aromatic rings. The highest BCUT2D eigenvalue weighted by Gasteiger charge is 2.23. The highest BCUT2D eigenvalue weighted by atomic mass is 31.2. The van der Waals surface area contributed by atoms with Crippen molar-refractivity contribution in [2.75, 3.05) is 13.2 Å². The highest BCUT2D eigenvalue weighted by Crippen LogP contribution is 2.36. The minimum absolute atomic E-state index is 0.214. The fraction of sp³-hybridized carbons (Fsp3) is 0.915. The summed E-state index contributed by atoms with van der Waals surface area (Å²) in [6.07, 6.45) is 49.4. The molecule has 0 spiro atoms. The summed E-state index contributed by atoms with van der Waals surface area (Å²) in [6.45, 7) is 3.73. The van der Waals surface area contributed by atoms with Crippen molar-refractivity contribution in [2.45, 2.75) is 264 Å². The van der Waals surface area contributed by atoms with Crippen LogP contribution in [0.4, 0.5) is 0 Å². The van der Waals surface area contributed by atoms with Gasteiger partial charge in [0.2, 0.25) is 0 Å². The molecule has 56 heavy (non-hydrogen) atoms. The summed E-state index contributed by atoms with van der Waals surface area (Å²) in [6, 6.07) is 0. The quantitative estimate of drug-likeness (QED) is 0.0270. The van der Waals surface area contributed by atoms with Crippen molar-refractivity contribution in [2.24, 2.45) is 0 Å². The van der Waals surface area contributed by atoms with Crippen LogP contribution in [0.15, 0.2) is 12.2 Å². The summed E-state index contributed by atoms with van der Waals surface area (Å²) in [5.41, 5.74) is 0. The molecule has 0 aromatic heterocycles. The van der Waals surface area contributed by atoms with Crippen LogP contribution in [0.25, 0.3) is 0 Å². The van der Waals surface area contributed by atoms with E-state index in [4.69, 9.17) is 19.3 Å². The van der Waals surface area contributed by atoms with Gasteiger partial charge in [-0.05, 0) is 38.5 Å². The Morgan fingerprint density at radius 2 is 0.750 bits per heavy atom. The Kier molecular flexibility index (Phi) is 42.4. The number of unbranched alkanes of at least 4 members (excludes halogenated alkanes) is 33. The Hall–Kier alpha value is -1.21. The van der Waals surface area contributed by atoms with Gasteiger partial charge in [0.15, 0.2) is 6.10 Å². The predicted molar refractivity (Wildman–Crippen MR) is 235 cm³/mol. The summed E-state index contributed by atoms with van der Waals surface area (Å²) < 4.78 is 26.5. The van der Waals surface area contributed by atoms with E-state index in [9.17, 15) is 14.2 Å². The minimum atomic E-state index is -4.75. The van der Waals surface area contributed by atoms with E-state index in [0.717, 1.165) is 38.5 Å². The Morgan fingerprint density at radius 1 is 0.446 bits per heavy atom. The van der Waals surface area contributed by atoms with Gasteiger partial charge in [0, 0.05) is 12.8 Å². The summed E-state index contributed by atoms with van der Waals surface area (Å²) in [5, 5.41) is 0. The molecule has 0 aliphatic heterocycles. The van der Waals surface area contributed by atoms with Gasteiger partial charge in [-0.25, -0.2) is 4.57 Å². The first-order chi connectivity index (χ1) is 27.3. The number of esters is 2. The standard InChI is InChI=1S/C47H91O8P/c1-3-5-7-9-11-13-15-17-19-21-22-23-24-26-28-30-32-34-36-38-40-42-47(49)55-45(44-54-56(50,51)52)43-53-46(48)41-39-37-35-33-31-29-27-25-20-18-16-14-12-10-8-6-4-2/h21-22,45H,3-20,23-44H2,1-2H3,(H2,50,51,52)/b22-21-. The average Bonchev–Trinajstić information content (AvgIpc) is 3.17. The van der Waals surface area contributed by atoms with E-state index in [1.54, 1.807) is 0 Å². The lowest BCUT2D eigenvalue weighted by molar-refractivity contribution is -0.161. The van der Waals surface area contributed by atoms with Gasteiger partial charge in [-0.15, -0.1) is 0 Å². The molecule has 1 atom stereocenters. The third-order valence-electron chi connectivity index (χ3n) is 10.8. The number of ether oxygens (including phenoxy) is 2. The zero-order valence-corrected chi connectivity index (χ0v) is 37.7. The van der Waals surface area contributed by atoms with Crippen LogP contribution in [0, 0.1) is 0 Å². The molecule has 9 heteroatoms. The van der Waals surface area contributed by atoms with Crippen molar-refractivity contribution in [3.05, 3.63) is 12.2 Å². The average molecular weight is 815 g/mol. The number of carbonyl (C=O) groups is 2. The van der Waals surface area contributed by atoms with Crippen molar-refractivity contribution < 1.29 is 37.9 Å². The van der Waals surface area contributed by atoms with E-state index in [-0.39, 0.29) is 19.4 Å². The van der Waals surface area contributed by atoms with Gasteiger partial charge in [-0.3, -0.25) is 14.1 Å². The summed E-state index contributed by atoms with van der Waals surface area (Å²) in [7, 11) is -4.75. The van der Waals surface area contributed by atoms with Gasteiger partial charge in [0.25, 0.3) is 0 Å². The Morgan fingerprint density at radius 3 is 1.09 bits per heavy atom. The number of phosphoric ester groups is 1. The fourth-order valence-corrected chi connectivity index (χ4v) is 7.55. The van der Waals surface area contributed by atoms with Crippen molar-refractivity contribution in [3.8, 4) is 0 Å². The Labute approximate surface area is 346 Å². The van der Waals surface area contributed by atoms with Gasteiger partial charge in [0.05, 0.1) is 6.61 Å². The number of phosphoric acid groups is 1. The molecule has 0 saturated heterocycles. The maximum Gasteiger partial charge on any atom is 0.469 e. The van der Waals surface area contributed by atoms with E-state index in [0.29, 0.717) is 6.42 Å². The van der Waals surface area contributed by atoms with Gasteiger partial charge in [-0.1, -0.05) is 219 Å². The molecule has 0 rings (SSSR count). The molecule has 0 heterocycles. The van der Waals surface area contributed by atoms with Crippen LogP contribution in [0.5, 0.6) is 0 Å². The van der Waals surface area contributed by atoms with Gasteiger partial charge >= 0.3 is 19.8 Å². The van der Waals surface area contributed by atoms with Gasteiger partial charge in [-0.2, -0.15) is 0 Å². The maximum absolute atomic E-state index is 12.5. The van der Waals surface area contributed by atoms with Crippen molar-refractivity contribution in [1.82, 2.24) is 0 Å². The van der Waals surface area contributed by atoms with Crippen LogP contribution < -0.4 is 0 Å².